The lowest BCUT2D eigenvalue weighted by Gasteiger charge is -2.22. The second-order valence-electron chi connectivity index (χ2n) is 7.85. The first kappa shape index (κ1) is 21.5. The predicted molar refractivity (Wildman–Crippen MR) is 129 cm³/mol. The second-order valence-corrected chi connectivity index (χ2v) is 8.86. The number of aromatic nitrogens is 1. The van der Waals surface area contributed by atoms with E-state index in [-0.39, 0.29) is 22.2 Å². The molecule has 34 heavy (non-hydrogen) atoms. The lowest BCUT2D eigenvalue weighted by atomic mass is 9.95. The molecule has 1 N–H and O–H groups in total. The predicted octanol–water partition coefficient (Wildman–Crippen LogP) is 5.14. The molecule has 1 atom stereocenters. The highest BCUT2D eigenvalue weighted by Gasteiger charge is 2.48. The van der Waals surface area contributed by atoms with E-state index in [9.17, 15) is 24.8 Å². The van der Waals surface area contributed by atoms with Crippen LogP contribution in [-0.4, -0.2) is 26.7 Å². The van der Waals surface area contributed by atoms with Gasteiger partial charge in [-0.05, 0) is 24.6 Å². The SMILES string of the molecule is Cc1ccc(/C(O)=C2/C(=O)C(=O)N(c3nc4ccccc4s3)[C@H]2c2cccc([N+](=O)[O-])c2)cc1. The summed E-state index contributed by atoms with van der Waals surface area (Å²) in [6, 6.07) is 18.8. The third kappa shape index (κ3) is 3.52. The molecule has 2 heterocycles. The summed E-state index contributed by atoms with van der Waals surface area (Å²) in [4.78, 5) is 43.1. The third-order valence-corrected chi connectivity index (χ3v) is 6.69. The standard InChI is InChI=1S/C25H17N3O5S/c1-14-9-11-15(12-10-14)22(29)20-21(16-5-4-6-17(13-16)28(32)33)27(24(31)23(20)30)25-26-18-7-2-3-8-19(18)34-25/h2-13,21,29H,1H3/b22-20-/t21-/m0/s1. The third-order valence-electron chi connectivity index (χ3n) is 5.65. The Labute approximate surface area is 197 Å². The van der Waals surface area contributed by atoms with Crippen LogP contribution in [0.5, 0.6) is 0 Å². The van der Waals surface area contributed by atoms with E-state index in [4.69, 9.17) is 0 Å². The molecule has 1 aliphatic rings. The zero-order valence-electron chi connectivity index (χ0n) is 17.8. The Bertz CT molecular complexity index is 1470. The number of benzene rings is 3. The monoisotopic (exact) mass is 471 g/mol. The fourth-order valence-corrected chi connectivity index (χ4v) is 4.98. The molecule has 9 heteroatoms. The maximum atomic E-state index is 13.2. The number of anilines is 1. The number of rotatable bonds is 4. The molecule has 8 nitrogen and oxygen atoms in total. The second kappa shape index (κ2) is 8.20. The van der Waals surface area contributed by atoms with Gasteiger partial charge in [0.15, 0.2) is 5.13 Å². The number of aryl methyl sites for hydroxylation is 1. The molecule has 1 aromatic heterocycles. The minimum Gasteiger partial charge on any atom is -0.507 e. The van der Waals surface area contributed by atoms with Crippen molar-refractivity contribution in [3.8, 4) is 0 Å². The molecule has 0 spiro atoms. The van der Waals surface area contributed by atoms with Gasteiger partial charge in [0.1, 0.15) is 5.76 Å². The van der Waals surface area contributed by atoms with E-state index in [2.05, 4.69) is 4.98 Å². The molecule has 0 saturated carbocycles. The Hall–Kier alpha value is -4.37. The van der Waals surface area contributed by atoms with Gasteiger partial charge in [-0.2, -0.15) is 0 Å². The molecule has 1 fully saturated rings. The molecule has 0 aliphatic carbocycles. The Kier molecular flexibility index (Phi) is 5.18. The smallest absolute Gasteiger partial charge is 0.301 e. The number of hydrogen-bond acceptors (Lipinski definition) is 7. The molecule has 0 radical (unpaired) electrons. The Morgan fingerprint density at radius 2 is 1.79 bits per heavy atom. The van der Waals surface area contributed by atoms with E-state index in [0.29, 0.717) is 16.6 Å². The van der Waals surface area contributed by atoms with Gasteiger partial charge in [0.2, 0.25) is 0 Å². The number of aliphatic hydroxyl groups is 1. The van der Waals surface area contributed by atoms with Crippen LogP contribution in [-0.2, 0) is 9.59 Å². The molecule has 1 amide bonds. The highest BCUT2D eigenvalue weighted by molar-refractivity contribution is 7.22. The average molecular weight is 471 g/mol. The van der Waals surface area contributed by atoms with Gasteiger partial charge in [0, 0.05) is 17.7 Å². The molecule has 3 aromatic carbocycles. The maximum Gasteiger partial charge on any atom is 0.301 e. The number of hydrogen-bond donors (Lipinski definition) is 1. The summed E-state index contributed by atoms with van der Waals surface area (Å²) >= 11 is 1.22. The zero-order valence-corrected chi connectivity index (χ0v) is 18.7. The Balaban J connectivity index is 1.75. The number of ketones is 1. The first-order valence-corrected chi connectivity index (χ1v) is 11.1. The summed E-state index contributed by atoms with van der Waals surface area (Å²) in [6.45, 7) is 1.89. The lowest BCUT2D eigenvalue weighted by molar-refractivity contribution is -0.384. The van der Waals surface area contributed by atoms with Crippen LogP contribution >= 0.6 is 11.3 Å². The average Bonchev–Trinajstić information content (AvgIpc) is 3.37. The minimum atomic E-state index is -1.08. The van der Waals surface area contributed by atoms with Gasteiger partial charge in [-0.25, -0.2) is 4.98 Å². The van der Waals surface area contributed by atoms with Crippen molar-refractivity contribution in [2.45, 2.75) is 13.0 Å². The van der Waals surface area contributed by atoms with Crippen molar-refractivity contribution in [2.75, 3.05) is 4.90 Å². The number of non-ortho nitro benzene ring substituents is 1. The van der Waals surface area contributed by atoms with Crippen LogP contribution in [0.25, 0.3) is 16.0 Å². The number of Topliss-reactive ketones (excluding diaryl/α,β-unsaturated/α-hetero) is 1. The van der Waals surface area contributed by atoms with Gasteiger partial charge in [-0.1, -0.05) is 65.4 Å². The molecule has 5 rings (SSSR count). The van der Waals surface area contributed by atoms with Gasteiger partial charge in [0.05, 0.1) is 26.8 Å². The fraction of sp³-hybridized carbons (Fsp3) is 0.0800. The van der Waals surface area contributed by atoms with E-state index in [1.54, 1.807) is 36.4 Å². The number of thiazole rings is 1. The van der Waals surface area contributed by atoms with Crippen molar-refractivity contribution in [1.29, 1.82) is 0 Å². The molecule has 4 aromatic rings. The summed E-state index contributed by atoms with van der Waals surface area (Å²) < 4.78 is 0.815. The maximum absolute atomic E-state index is 13.2. The highest BCUT2D eigenvalue weighted by atomic mass is 32.1. The minimum absolute atomic E-state index is 0.145. The Morgan fingerprint density at radius 1 is 1.06 bits per heavy atom. The molecule has 1 aliphatic heterocycles. The van der Waals surface area contributed by atoms with Crippen molar-refractivity contribution in [3.05, 3.63) is 105 Å². The van der Waals surface area contributed by atoms with Gasteiger partial charge in [-0.3, -0.25) is 24.6 Å². The van der Waals surface area contributed by atoms with E-state index >= 15 is 0 Å². The normalized spacial score (nSPS) is 17.4. The number of amides is 1. The molecule has 1 saturated heterocycles. The van der Waals surface area contributed by atoms with Crippen LogP contribution in [0.3, 0.4) is 0 Å². The van der Waals surface area contributed by atoms with Crippen molar-refractivity contribution in [3.63, 3.8) is 0 Å². The summed E-state index contributed by atoms with van der Waals surface area (Å²) in [5.74, 6) is -2.09. The van der Waals surface area contributed by atoms with Gasteiger partial charge < -0.3 is 5.11 Å². The van der Waals surface area contributed by atoms with E-state index in [1.807, 2.05) is 25.1 Å². The number of nitrogens with zero attached hydrogens (tertiary/aromatic N) is 3. The molecule has 0 unspecified atom stereocenters. The van der Waals surface area contributed by atoms with Crippen molar-refractivity contribution >= 4 is 49.8 Å². The number of para-hydroxylation sites is 1. The largest absolute Gasteiger partial charge is 0.507 e. The van der Waals surface area contributed by atoms with E-state index in [0.717, 1.165) is 10.3 Å². The quantitative estimate of drug-likeness (QED) is 0.145. The van der Waals surface area contributed by atoms with Crippen LogP contribution in [0.1, 0.15) is 22.7 Å². The number of nitro groups is 1. The molecule has 0 bridgehead atoms. The molecular weight excluding hydrogens is 454 g/mol. The number of aliphatic hydroxyl groups excluding tert-OH is 1. The van der Waals surface area contributed by atoms with Crippen LogP contribution < -0.4 is 4.90 Å². The Morgan fingerprint density at radius 3 is 2.50 bits per heavy atom. The number of carbonyl (C=O) groups excluding carboxylic acids is 2. The van der Waals surface area contributed by atoms with Crippen LogP contribution in [0.15, 0.2) is 78.4 Å². The zero-order chi connectivity index (χ0) is 24.0. The van der Waals surface area contributed by atoms with Crippen LogP contribution in [0.4, 0.5) is 10.8 Å². The van der Waals surface area contributed by atoms with E-state index in [1.165, 1.54) is 34.4 Å². The molecule has 168 valence electrons. The summed E-state index contributed by atoms with van der Waals surface area (Å²) in [6.07, 6.45) is 0. The van der Waals surface area contributed by atoms with Gasteiger partial charge in [0.25, 0.3) is 11.5 Å². The van der Waals surface area contributed by atoms with Crippen molar-refractivity contribution in [2.24, 2.45) is 0 Å². The topological polar surface area (TPSA) is 114 Å². The van der Waals surface area contributed by atoms with Crippen molar-refractivity contribution < 1.29 is 19.6 Å². The summed E-state index contributed by atoms with van der Waals surface area (Å²) in [5.41, 5.74) is 1.96. The van der Waals surface area contributed by atoms with Crippen LogP contribution in [0, 0.1) is 17.0 Å². The molecular formula is C25H17N3O5S. The lowest BCUT2D eigenvalue weighted by Crippen LogP contribution is -2.29. The first-order valence-electron chi connectivity index (χ1n) is 10.3. The highest BCUT2D eigenvalue weighted by Crippen LogP contribution is 2.44. The fourth-order valence-electron chi connectivity index (χ4n) is 3.98. The summed E-state index contributed by atoms with van der Waals surface area (Å²) in [5, 5.41) is 22.8. The van der Waals surface area contributed by atoms with Gasteiger partial charge >= 0.3 is 5.91 Å². The number of carbonyl (C=O) groups is 2. The van der Waals surface area contributed by atoms with Crippen molar-refractivity contribution in [1.82, 2.24) is 4.98 Å². The first-order chi connectivity index (χ1) is 16.3. The van der Waals surface area contributed by atoms with E-state index < -0.39 is 22.7 Å². The number of fused-ring (bicyclic) bond motifs is 1. The van der Waals surface area contributed by atoms with Crippen LogP contribution in [0.2, 0.25) is 0 Å². The summed E-state index contributed by atoms with van der Waals surface area (Å²) in [7, 11) is 0. The number of nitro benzene ring substituents is 1. The van der Waals surface area contributed by atoms with Gasteiger partial charge in [-0.15, -0.1) is 0 Å².